The van der Waals surface area contributed by atoms with Gasteiger partial charge < -0.3 is 14.9 Å². The highest BCUT2D eigenvalue weighted by molar-refractivity contribution is 5.67. The molecule has 1 rings (SSSR count). The molecule has 0 spiro atoms. The molecule has 0 saturated carbocycles. The quantitative estimate of drug-likeness (QED) is 0.799. The van der Waals surface area contributed by atoms with Crippen molar-refractivity contribution in [3.8, 4) is 5.75 Å². The first-order valence-corrected chi connectivity index (χ1v) is 4.97. The van der Waals surface area contributed by atoms with Crippen molar-refractivity contribution in [2.75, 3.05) is 6.61 Å². The SMILES string of the molecule is O=C(O)CC(O)CCOc1cccc(F)c1F. The van der Waals surface area contributed by atoms with Crippen LogP contribution >= 0.6 is 0 Å². The monoisotopic (exact) mass is 246 g/mol. The second-order valence-corrected chi connectivity index (χ2v) is 3.44. The Hall–Kier alpha value is -1.69. The van der Waals surface area contributed by atoms with Gasteiger partial charge in [0.25, 0.3) is 0 Å². The molecule has 1 aromatic carbocycles. The summed E-state index contributed by atoms with van der Waals surface area (Å²) in [5.41, 5.74) is 0. The summed E-state index contributed by atoms with van der Waals surface area (Å²) in [6.07, 6.45) is -1.44. The lowest BCUT2D eigenvalue weighted by atomic mass is 10.2. The summed E-state index contributed by atoms with van der Waals surface area (Å²) in [5.74, 6) is -3.50. The van der Waals surface area contributed by atoms with Gasteiger partial charge in [0.15, 0.2) is 11.6 Å². The van der Waals surface area contributed by atoms with Crippen molar-refractivity contribution in [3.05, 3.63) is 29.8 Å². The highest BCUT2D eigenvalue weighted by atomic mass is 19.2. The molecule has 0 aromatic heterocycles. The molecule has 0 aliphatic heterocycles. The predicted molar refractivity (Wildman–Crippen MR) is 54.7 cm³/mol. The fraction of sp³-hybridized carbons (Fsp3) is 0.364. The molecule has 94 valence electrons. The molecule has 0 fully saturated rings. The highest BCUT2D eigenvalue weighted by Crippen LogP contribution is 2.19. The number of ether oxygens (including phenoxy) is 1. The predicted octanol–water partition coefficient (Wildman–Crippen LogP) is 1.57. The molecular weight excluding hydrogens is 234 g/mol. The van der Waals surface area contributed by atoms with Crippen LogP contribution in [0, 0.1) is 11.6 Å². The van der Waals surface area contributed by atoms with E-state index < -0.39 is 30.1 Å². The van der Waals surface area contributed by atoms with E-state index in [1.54, 1.807) is 0 Å². The molecule has 0 amide bonds. The van der Waals surface area contributed by atoms with Crippen molar-refractivity contribution in [2.45, 2.75) is 18.9 Å². The van der Waals surface area contributed by atoms with Gasteiger partial charge in [-0.15, -0.1) is 0 Å². The van der Waals surface area contributed by atoms with E-state index in [4.69, 9.17) is 9.84 Å². The van der Waals surface area contributed by atoms with Crippen LogP contribution in [0.5, 0.6) is 5.75 Å². The standard InChI is InChI=1S/C11H12F2O4/c12-8-2-1-3-9(11(8)13)17-5-4-7(14)6-10(15)16/h1-3,7,14H,4-6H2,(H,15,16). The van der Waals surface area contributed by atoms with E-state index >= 15 is 0 Å². The first kappa shape index (κ1) is 13.4. The molecule has 1 atom stereocenters. The van der Waals surface area contributed by atoms with E-state index in [0.29, 0.717) is 0 Å². The molecule has 1 unspecified atom stereocenters. The lowest BCUT2D eigenvalue weighted by Crippen LogP contribution is -2.16. The topological polar surface area (TPSA) is 66.8 Å². The number of carboxylic acid groups (broad SMARTS) is 1. The van der Waals surface area contributed by atoms with Gasteiger partial charge in [-0.05, 0) is 12.1 Å². The Balaban J connectivity index is 2.41. The van der Waals surface area contributed by atoms with Crippen LogP contribution in [-0.4, -0.2) is 28.9 Å². The molecule has 2 N–H and O–H groups in total. The van der Waals surface area contributed by atoms with Gasteiger partial charge in [-0.1, -0.05) is 6.07 Å². The lowest BCUT2D eigenvalue weighted by Gasteiger charge is -2.10. The zero-order valence-electron chi connectivity index (χ0n) is 8.90. The number of carbonyl (C=O) groups is 1. The van der Waals surface area contributed by atoms with Crippen molar-refractivity contribution in [1.29, 1.82) is 0 Å². The number of hydrogen-bond acceptors (Lipinski definition) is 3. The number of hydrogen-bond donors (Lipinski definition) is 2. The van der Waals surface area contributed by atoms with Gasteiger partial charge in [-0.2, -0.15) is 4.39 Å². The minimum atomic E-state index is -1.13. The maximum atomic E-state index is 13.1. The van der Waals surface area contributed by atoms with Crippen LogP contribution in [0.2, 0.25) is 0 Å². The number of aliphatic carboxylic acids is 1. The molecule has 0 saturated heterocycles. The minimum absolute atomic E-state index is 0.0300. The van der Waals surface area contributed by atoms with Crippen LogP contribution in [0.3, 0.4) is 0 Å². The Kier molecular flexibility index (Phi) is 4.84. The van der Waals surface area contributed by atoms with Crippen molar-refractivity contribution < 1.29 is 28.5 Å². The second kappa shape index (κ2) is 6.15. The largest absolute Gasteiger partial charge is 0.490 e. The average Bonchev–Trinajstić information content (AvgIpc) is 2.23. The zero-order chi connectivity index (χ0) is 12.8. The molecule has 0 aliphatic rings. The van der Waals surface area contributed by atoms with Crippen LogP contribution in [0.4, 0.5) is 8.78 Å². The second-order valence-electron chi connectivity index (χ2n) is 3.44. The summed E-state index contributed by atoms with van der Waals surface area (Å²) in [5, 5.41) is 17.6. The van der Waals surface area contributed by atoms with Crippen LogP contribution in [0.15, 0.2) is 18.2 Å². The maximum absolute atomic E-state index is 13.1. The summed E-state index contributed by atoms with van der Waals surface area (Å²) >= 11 is 0. The number of benzene rings is 1. The van der Waals surface area contributed by atoms with Gasteiger partial charge in [0, 0.05) is 6.42 Å². The molecule has 1 aromatic rings. The molecule has 0 heterocycles. The first-order chi connectivity index (χ1) is 8.00. The lowest BCUT2D eigenvalue weighted by molar-refractivity contribution is -0.139. The third kappa shape index (κ3) is 4.36. The Morgan fingerprint density at radius 3 is 2.76 bits per heavy atom. The molecular formula is C11H12F2O4. The average molecular weight is 246 g/mol. The maximum Gasteiger partial charge on any atom is 0.305 e. The molecule has 17 heavy (non-hydrogen) atoms. The Labute approximate surface area is 96.5 Å². The summed E-state index contributed by atoms with van der Waals surface area (Å²) in [4.78, 5) is 10.2. The molecule has 4 nitrogen and oxygen atoms in total. The molecule has 0 radical (unpaired) electrons. The van der Waals surface area contributed by atoms with Crippen LogP contribution in [0.1, 0.15) is 12.8 Å². The summed E-state index contributed by atoms with van der Waals surface area (Å²) in [7, 11) is 0. The van der Waals surface area contributed by atoms with Gasteiger partial charge in [0.05, 0.1) is 19.1 Å². The number of aliphatic hydroxyl groups excluding tert-OH is 1. The van der Waals surface area contributed by atoms with E-state index in [9.17, 15) is 18.7 Å². The van der Waals surface area contributed by atoms with Crippen LogP contribution in [0.25, 0.3) is 0 Å². The van der Waals surface area contributed by atoms with Crippen LogP contribution < -0.4 is 4.74 Å². The van der Waals surface area contributed by atoms with Gasteiger partial charge in [0.1, 0.15) is 0 Å². The van der Waals surface area contributed by atoms with E-state index in [1.807, 2.05) is 0 Å². The highest BCUT2D eigenvalue weighted by Gasteiger charge is 2.11. The minimum Gasteiger partial charge on any atom is -0.490 e. The van der Waals surface area contributed by atoms with Crippen LogP contribution in [-0.2, 0) is 4.79 Å². The van der Waals surface area contributed by atoms with E-state index in [-0.39, 0.29) is 18.8 Å². The third-order valence-corrected chi connectivity index (χ3v) is 2.04. The number of halogens is 2. The smallest absolute Gasteiger partial charge is 0.305 e. The van der Waals surface area contributed by atoms with E-state index in [0.717, 1.165) is 6.07 Å². The number of rotatable bonds is 6. The fourth-order valence-corrected chi connectivity index (χ4v) is 1.20. The summed E-state index contributed by atoms with van der Waals surface area (Å²) in [6, 6.07) is 3.50. The number of aliphatic hydroxyl groups is 1. The Bertz CT molecular complexity index is 395. The number of carboxylic acids is 1. The third-order valence-electron chi connectivity index (χ3n) is 2.04. The zero-order valence-corrected chi connectivity index (χ0v) is 8.90. The van der Waals surface area contributed by atoms with E-state index in [1.165, 1.54) is 12.1 Å². The summed E-state index contributed by atoms with van der Waals surface area (Å²) < 4.78 is 30.7. The van der Waals surface area contributed by atoms with Gasteiger partial charge >= 0.3 is 5.97 Å². The molecule has 0 aliphatic carbocycles. The molecule has 0 bridgehead atoms. The molecule has 6 heteroatoms. The normalized spacial score (nSPS) is 12.2. The Morgan fingerprint density at radius 1 is 1.41 bits per heavy atom. The fourth-order valence-electron chi connectivity index (χ4n) is 1.20. The summed E-state index contributed by atoms with van der Waals surface area (Å²) in [6.45, 7) is -0.0885. The van der Waals surface area contributed by atoms with Gasteiger partial charge in [0.2, 0.25) is 5.82 Å². The van der Waals surface area contributed by atoms with Gasteiger partial charge in [-0.25, -0.2) is 4.39 Å². The van der Waals surface area contributed by atoms with Crippen molar-refractivity contribution in [2.24, 2.45) is 0 Å². The van der Waals surface area contributed by atoms with Gasteiger partial charge in [-0.3, -0.25) is 4.79 Å². The first-order valence-electron chi connectivity index (χ1n) is 4.97. The Morgan fingerprint density at radius 2 is 2.12 bits per heavy atom. The van der Waals surface area contributed by atoms with Crippen molar-refractivity contribution in [3.63, 3.8) is 0 Å². The van der Waals surface area contributed by atoms with E-state index in [2.05, 4.69) is 0 Å². The van der Waals surface area contributed by atoms with Crippen molar-refractivity contribution >= 4 is 5.97 Å². The van der Waals surface area contributed by atoms with Crippen molar-refractivity contribution in [1.82, 2.24) is 0 Å².